The van der Waals surface area contributed by atoms with Crippen LogP contribution in [0.15, 0.2) is 52.4 Å². The molecular formula is C15H18N2O2S2. The highest BCUT2D eigenvalue weighted by molar-refractivity contribution is 7.98. The van der Waals surface area contributed by atoms with E-state index in [2.05, 4.69) is 17.2 Å². The SMILES string of the molecule is CCNc1ccnc(CSc2ccc(S(C)(=O)=O)cc2)c1. The van der Waals surface area contributed by atoms with Gasteiger partial charge in [0, 0.05) is 35.3 Å². The van der Waals surface area contributed by atoms with Crippen LogP contribution < -0.4 is 5.32 Å². The summed E-state index contributed by atoms with van der Waals surface area (Å²) in [5, 5.41) is 3.25. The van der Waals surface area contributed by atoms with E-state index >= 15 is 0 Å². The van der Waals surface area contributed by atoms with Crippen LogP contribution in [0.3, 0.4) is 0 Å². The number of anilines is 1. The number of thioether (sulfide) groups is 1. The van der Waals surface area contributed by atoms with E-state index in [1.807, 2.05) is 24.3 Å². The van der Waals surface area contributed by atoms with E-state index in [1.165, 1.54) is 6.26 Å². The maximum absolute atomic E-state index is 11.4. The number of nitrogens with zero attached hydrogens (tertiary/aromatic N) is 1. The topological polar surface area (TPSA) is 59.1 Å². The van der Waals surface area contributed by atoms with Gasteiger partial charge >= 0.3 is 0 Å². The van der Waals surface area contributed by atoms with Gasteiger partial charge in [0.2, 0.25) is 0 Å². The molecular weight excluding hydrogens is 304 g/mol. The average molecular weight is 322 g/mol. The zero-order chi connectivity index (χ0) is 15.3. The van der Waals surface area contributed by atoms with Crippen molar-refractivity contribution in [2.45, 2.75) is 22.5 Å². The summed E-state index contributed by atoms with van der Waals surface area (Å²) in [5.74, 6) is 0.747. The molecule has 0 aliphatic carbocycles. The molecule has 6 heteroatoms. The fraction of sp³-hybridized carbons (Fsp3) is 0.267. The molecule has 2 aromatic rings. The largest absolute Gasteiger partial charge is 0.385 e. The van der Waals surface area contributed by atoms with Crippen LogP contribution in [0.25, 0.3) is 0 Å². The minimum Gasteiger partial charge on any atom is -0.385 e. The average Bonchev–Trinajstić information content (AvgIpc) is 2.45. The number of hydrogen-bond acceptors (Lipinski definition) is 5. The summed E-state index contributed by atoms with van der Waals surface area (Å²) in [5.41, 5.74) is 2.06. The molecule has 1 aromatic heterocycles. The molecule has 1 heterocycles. The third-order valence-corrected chi connectivity index (χ3v) is 5.01. The molecule has 0 aliphatic heterocycles. The van der Waals surface area contributed by atoms with Crippen LogP contribution in [0, 0.1) is 0 Å². The van der Waals surface area contributed by atoms with Crippen LogP contribution in [-0.2, 0) is 15.6 Å². The Morgan fingerprint density at radius 3 is 2.52 bits per heavy atom. The standard InChI is InChI=1S/C15H18N2O2S2/c1-3-16-12-8-9-17-13(10-12)11-20-14-4-6-15(7-5-14)21(2,18)19/h4-10H,3,11H2,1-2H3,(H,16,17). The Kier molecular flexibility index (Phi) is 5.25. The van der Waals surface area contributed by atoms with Crippen molar-refractivity contribution in [2.24, 2.45) is 0 Å². The fourth-order valence-corrected chi connectivity index (χ4v) is 3.24. The lowest BCUT2D eigenvalue weighted by Gasteiger charge is -2.06. The minimum absolute atomic E-state index is 0.346. The van der Waals surface area contributed by atoms with Gasteiger partial charge in [0.15, 0.2) is 9.84 Å². The van der Waals surface area contributed by atoms with Crippen molar-refractivity contribution in [3.63, 3.8) is 0 Å². The van der Waals surface area contributed by atoms with E-state index in [-0.39, 0.29) is 0 Å². The summed E-state index contributed by atoms with van der Waals surface area (Å²) in [6, 6.07) is 10.9. The lowest BCUT2D eigenvalue weighted by molar-refractivity contribution is 0.602. The number of sulfone groups is 1. The smallest absolute Gasteiger partial charge is 0.175 e. The Morgan fingerprint density at radius 1 is 1.19 bits per heavy atom. The van der Waals surface area contributed by atoms with Crippen LogP contribution in [-0.4, -0.2) is 26.2 Å². The lowest BCUT2D eigenvalue weighted by atomic mass is 10.3. The normalized spacial score (nSPS) is 11.3. The van der Waals surface area contributed by atoms with E-state index in [4.69, 9.17) is 0 Å². The fourth-order valence-electron chi connectivity index (χ4n) is 1.81. The van der Waals surface area contributed by atoms with Gasteiger partial charge in [-0.15, -0.1) is 11.8 Å². The first-order valence-corrected chi connectivity index (χ1v) is 9.48. The quantitative estimate of drug-likeness (QED) is 0.828. The highest BCUT2D eigenvalue weighted by atomic mass is 32.2. The summed E-state index contributed by atoms with van der Waals surface area (Å²) in [4.78, 5) is 5.71. The number of nitrogens with one attached hydrogen (secondary N) is 1. The second-order valence-corrected chi connectivity index (χ2v) is 7.66. The number of aromatic nitrogens is 1. The Bertz CT molecular complexity index is 698. The monoisotopic (exact) mass is 322 g/mol. The van der Waals surface area contributed by atoms with E-state index in [0.29, 0.717) is 4.90 Å². The van der Waals surface area contributed by atoms with E-state index in [9.17, 15) is 8.42 Å². The second-order valence-electron chi connectivity index (χ2n) is 4.60. The molecule has 1 aromatic carbocycles. The maximum atomic E-state index is 11.4. The molecule has 0 amide bonds. The zero-order valence-corrected chi connectivity index (χ0v) is 13.7. The molecule has 21 heavy (non-hydrogen) atoms. The summed E-state index contributed by atoms with van der Waals surface area (Å²) < 4.78 is 22.8. The third-order valence-electron chi connectivity index (χ3n) is 2.84. The molecule has 0 saturated heterocycles. The van der Waals surface area contributed by atoms with Gasteiger partial charge in [0.1, 0.15) is 0 Å². The van der Waals surface area contributed by atoms with E-state index < -0.39 is 9.84 Å². The van der Waals surface area contributed by atoms with Crippen LogP contribution >= 0.6 is 11.8 Å². The summed E-state index contributed by atoms with van der Waals surface area (Å²) in [6.07, 6.45) is 3.01. The van der Waals surface area contributed by atoms with Gasteiger partial charge < -0.3 is 5.32 Å². The molecule has 0 fully saturated rings. The molecule has 0 radical (unpaired) electrons. The predicted molar refractivity (Wildman–Crippen MR) is 87.5 cm³/mol. The van der Waals surface area contributed by atoms with Crippen molar-refractivity contribution in [2.75, 3.05) is 18.1 Å². The van der Waals surface area contributed by atoms with Crippen molar-refractivity contribution >= 4 is 27.3 Å². The molecule has 2 rings (SSSR count). The van der Waals surface area contributed by atoms with E-state index in [1.54, 1.807) is 30.1 Å². The minimum atomic E-state index is -3.13. The molecule has 0 saturated carbocycles. The van der Waals surface area contributed by atoms with Gasteiger partial charge in [-0.05, 0) is 43.3 Å². The molecule has 4 nitrogen and oxygen atoms in total. The summed E-state index contributed by atoms with van der Waals surface area (Å²) in [6.45, 7) is 2.93. The molecule has 0 unspecified atom stereocenters. The molecule has 0 bridgehead atoms. The molecule has 1 N–H and O–H groups in total. The van der Waals surface area contributed by atoms with Crippen LogP contribution in [0.5, 0.6) is 0 Å². The third kappa shape index (κ3) is 4.75. The number of rotatable bonds is 6. The Hall–Kier alpha value is -1.53. The zero-order valence-electron chi connectivity index (χ0n) is 12.0. The molecule has 0 atom stereocenters. The summed E-state index contributed by atoms with van der Waals surface area (Å²) >= 11 is 1.63. The molecule has 0 spiro atoms. The van der Waals surface area contributed by atoms with Crippen LogP contribution in [0.4, 0.5) is 5.69 Å². The Balaban J connectivity index is 2.01. The maximum Gasteiger partial charge on any atom is 0.175 e. The van der Waals surface area contributed by atoms with Gasteiger partial charge in [-0.3, -0.25) is 4.98 Å². The number of pyridine rings is 1. The van der Waals surface area contributed by atoms with Crippen LogP contribution in [0.2, 0.25) is 0 Å². The van der Waals surface area contributed by atoms with Gasteiger partial charge in [0.05, 0.1) is 10.6 Å². The van der Waals surface area contributed by atoms with Crippen molar-refractivity contribution in [1.82, 2.24) is 4.98 Å². The van der Waals surface area contributed by atoms with Crippen molar-refractivity contribution < 1.29 is 8.42 Å². The van der Waals surface area contributed by atoms with Crippen molar-refractivity contribution in [3.05, 3.63) is 48.3 Å². The highest BCUT2D eigenvalue weighted by Crippen LogP contribution is 2.24. The van der Waals surface area contributed by atoms with Gasteiger partial charge in [0.25, 0.3) is 0 Å². The predicted octanol–water partition coefficient (Wildman–Crippen LogP) is 3.21. The van der Waals surface area contributed by atoms with E-state index in [0.717, 1.165) is 28.6 Å². The Morgan fingerprint density at radius 2 is 1.90 bits per heavy atom. The highest BCUT2D eigenvalue weighted by Gasteiger charge is 2.06. The first-order chi connectivity index (χ1) is 9.99. The van der Waals surface area contributed by atoms with Gasteiger partial charge in [-0.1, -0.05) is 0 Å². The van der Waals surface area contributed by atoms with Crippen molar-refractivity contribution in [1.29, 1.82) is 0 Å². The number of benzene rings is 1. The first-order valence-electron chi connectivity index (χ1n) is 6.61. The molecule has 112 valence electrons. The van der Waals surface area contributed by atoms with Gasteiger partial charge in [-0.25, -0.2) is 8.42 Å². The summed E-state index contributed by atoms with van der Waals surface area (Å²) in [7, 11) is -3.13. The van der Waals surface area contributed by atoms with Crippen LogP contribution in [0.1, 0.15) is 12.6 Å². The second kappa shape index (κ2) is 6.95. The Labute approximate surface area is 129 Å². The molecule has 0 aliphatic rings. The first kappa shape index (κ1) is 15.9. The van der Waals surface area contributed by atoms with Gasteiger partial charge in [-0.2, -0.15) is 0 Å². The lowest BCUT2D eigenvalue weighted by Crippen LogP contribution is -1.98. The van der Waals surface area contributed by atoms with Crippen molar-refractivity contribution in [3.8, 4) is 0 Å². The number of hydrogen-bond donors (Lipinski definition) is 1.